The number of ether oxygens (including phenoxy) is 1. The van der Waals surface area contributed by atoms with Crippen LogP contribution in [0.15, 0.2) is 18.2 Å². The van der Waals surface area contributed by atoms with E-state index < -0.39 is 4.92 Å². The minimum absolute atomic E-state index is 0.0640. The van der Waals surface area contributed by atoms with Crippen LogP contribution in [0.1, 0.15) is 13.3 Å². The van der Waals surface area contributed by atoms with E-state index in [0.29, 0.717) is 18.4 Å². The summed E-state index contributed by atoms with van der Waals surface area (Å²) in [7, 11) is 0. The van der Waals surface area contributed by atoms with Crippen molar-refractivity contribution in [2.75, 3.05) is 23.4 Å². The fourth-order valence-corrected chi connectivity index (χ4v) is 3.06. The Kier molecular flexibility index (Phi) is 4.30. The molecule has 1 aliphatic heterocycles. The Morgan fingerprint density at radius 2 is 2.39 bits per heavy atom. The van der Waals surface area contributed by atoms with Gasteiger partial charge in [0.2, 0.25) is 0 Å². The summed E-state index contributed by atoms with van der Waals surface area (Å²) in [5.74, 6) is 2.73. The summed E-state index contributed by atoms with van der Waals surface area (Å²) in [5, 5.41) is 14.2. The van der Waals surface area contributed by atoms with Gasteiger partial charge in [-0.05, 0) is 19.1 Å². The molecule has 1 heterocycles. The molecule has 18 heavy (non-hydrogen) atoms. The van der Waals surface area contributed by atoms with E-state index in [1.807, 2.05) is 24.8 Å². The number of hydrogen-bond acceptors (Lipinski definition) is 5. The highest BCUT2D eigenvalue weighted by Crippen LogP contribution is 2.28. The largest absolute Gasteiger partial charge is 0.494 e. The molecule has 5 nitrogen and oxygen atoms in total. The van der Waals surface area contributed by atoms with Crippen molar-refractivity contribution in [3.63, 3.8) is 0 Å². The van der Waals surface area contributed by atoms with Crippen molar-refractivity contribution in [1.82, 2.24) is 0 Å². The standard InChI is InChI=1S/C12H16N2O3S/c1-2-17-12-6-10(5-11(7-12)14(15)16)13-9-3-4-18-8-9/h5-7,9,13H,2-4,8H2,1H3. The molecule has 0 saturated carbocycles. The zero-order chi connectivity index (χ0) is 13.0. The molecule has 2 rings (SSSR count). The maximum atomic E-state index is 10.9. The van der Waals surface area contributed by atoms with E-state index >= 15 is 0 Å². The van der Waals surface area contributed by atoms with E-state index in [-0.39, 0.29) is 5.69 Å². The Bertz CT molecular complexity index is 433. The Hall–Kier alpha value is -1.43. The molecular weight excluding hydrogens is 252 g/mol. The molecular formula is C12H16N2O3S. The maximum Gasteiger partial charge on any atom is 0.275 e. The summed E-state index contributed by atoms with van der Waals surface area (Å²) in [4.78, 5) is 10.5. The van der Waals surface area contributed by atoms with Gasteiger partial charge in [0.15, 0.2) is 0 Å². The van der Waals surface area contributed by atoms with Gasteiger partial charge in [-0.1, -0.05) is 0 Å². The highest BCUT2D eigenvalue weighted by Gasteiger charge is 2.17. The molecule has 1 N–H and O–H groups in total. The van der Waals surface area contributed by atoms with E-state index in [1.54, 1.807) is 6.07 Å². The first-order chi connectivity index (χ1) is 8.69. The van der Waals surface area contributed by atoms with Crippen molar-refractivity contribution in [2.24, 2.45) is 0 Å². The highest BCUT2D eigenvalue weighted by molar-refractivity contribution is 7.99. The number of nitrogens with one attached hydrogen (secondary N) is 1. The average Bonchev–Trinajstić information content (AvgIpc) is 2.82. The van der Waals surface area contributed by atoms with Crippen molar-refractivity contribution in [3.05, 3.63) is 28.3 Å². The van der Waals surface area contributed by atoms with E-state index in [2.05, 4.69) is 5.32 Å². The number of non-ortho nitro benzene ring substituents is 1. The summed E-state index contributed by atoms with van der Waals surface area (Å²) in [6.07, 6.45) is 1.09. The van der Waals surface area contributed by atoms with Gasteiger partial charge in [0.05, 0.1) is 17.6 Å². The topological polar surface area (TPSA) is 64.4 Å². The first kappa shape index (κ1) is 13.0. The lowest BCUT2D eigenvalue weighted by molar-refractivity contribution is -0.384. The molecule has 1 aromatic rings. The molecule has 1 aliphatic rings. The number of nitro benzene ring substituents is 1. The van der Waals surface area contributed by atoms with E-state index in [4.69, 9.17) is 4.74 Å². The fraction of sp³-hybridized carbons (Fsp3) is 0.500. The van der Waals surface area contributed by atoms with Gasteiger partial charge in [0.25, 0.3) is 5.69 Å². The molecule has 0 radical (unpaired) electrons. The molecule has 1 saturated heterocycles. The van der Waals surface area contributed by atoms with Crippen LogP contribution in [0, 0.1) is 10.1 Å². The van der Waals surface area contributed by atoms with Crippen LogP contribution in [0.4, 0.5) is 11.4 Å². The van der Waals surface area contributed by atoms with Crippen LogP contribution in [0.2, 0.25) is 0 Å². The number of thioether (sulfide) groups is 1. The van der Waals surface area contributed by atoms with Crippen LogP contribution >= 0.6 is 11.8 Å². The van der Waals surface area contributed by atoms with Crippen molar-refractivity contribution in [1.29, 1.82) is 0 Å². The molecule has 1 fully saturated rings. The smallest absolute Gasteiger partial charge is 0.275 e. The van der Waals surface area contributed by atoms with Gasteiger partial charge in [-0.3, -0.25) is 10.1 Å². The maximum absolute atomic E-state index is 10.9. The third kappa shape index (κ3) is 3.29. The van der Waals surface area contributed by atoms with Crippen LogP contribution in [0.3, 0.4) is 0 Å². The predicted octanol–water partition coefficient (Wildman–Crippen LogP) is 2.91. The number of rotatable bonds is 5. The minimum Gasteiger partial charge on any atom is -0.494 e. The van der Waals surface area contributed by atoms with Crippen LogP contribution < -0.4 is 10.1 Å². The average molecular weight is 268 g/mol. The monoisotopic (exact) mass is 268 g/mol. The lowest BCUT2D eigenvalue weighted by Gasteiger charge is -2.14. The lowest BCUT2D eigenvalue weighted by Crippen LogP contribution is -2.18. The Labute approximate surface area is 110 Å². The summed E-state index contributed by atoms with van der Waals surface area (Å²) in [5.41, 5.74) is 0.828. The number of anilines is 1. The van der Waals surface area contributed by atoms with Crippen molar-refractivity contribution >= 4 is 23.1 Å². The van der Waals surface area contributed by atoms with Gasteiger partial charge in [-0.25, -0.2) is 0 Å². The number of hydrogen-bond donors (Lipinski definition) is 1. The Morgan fingerprint density at radius 3 is 3.00 bits per heavy atom. The van der Waals surface area contributed by atoms with Crippen LogP contribution in [0.25, 0.3) is 0 Å². The predicted molar refractivity (Wildman–Crippen MR) is 73.6 cm³/mol. The van der Waals surface area contributed by atoms with Gasteiger partial charge in [-0.15, -0.1) is 0 Å². The fourth-order valence-electron chi connectivity index (χ4n) is 1.91. The normalized spacial score (nSPS) is 18.6. The summed E-state index contributed by atoms with van der Waals surface area (Å²) in [6, 6.07) is 5.23. The molecule has 0 aromatic heterocycles. The Morgan fingerprint density at radius 1 is 1.56 bits per heavy atom. The quantitative estimate of drug-likeness (QED) is 0.657. The second-order valence-corrected chi connectivity index (χ2v) is 5.26. The van der Waals surface area contributed by atoms with Gasteiger partial charge >= 0.3 is 0 Å². The second kappa shape index (κ2) is 5.95. The minimum atomic E-state index is -0.392. The molecule has 1 atom stereocenters. The first-order valence-corrected chi connectivity index (χ1v) is 7.11. The molecule has 0 aliphatic carbocycles. The SMILES string of the molecule is CCOc1cc(NC2CCSC2)cc([N+](=O)[O-])c1. The molecule has 0 amide bonds. The van der Waals surface area contributed by atoms with Gasteiger partial charge in [-0.2, -0.15) is 11.8 Å². The number of nitro groups is 1. The summed E-state index contributed by atoms with van der Waals surface area (Å²) < 4.78 is 5.35. The second-order valence-electron chi connectivity index (χ2n) is 4.11. The van der Waals surface area contributed by atoms with E-state index in [0.717, 1.165) is 23.6 Å². The highest BCUT2D eigenvalue weighted by atomic mass is 32.2. The van der Waals surface area contributed by atoms with Crippen LogP contribution in [-0.2, 0) is 0 Å². The van der Waals surface area contributed by atoms with Gasteiger partial charge in [0.1, 0.15) is 5.75 Å². The zero-order valence-corrected chi connectivity index (χ0v) is 11.0. The molecule has 1 unspecified atom stereocenters. The van der Waals surface area contributed by atoms with Gasteiger partial charge < -0.3 is 10.1 Å². The molecule has 1 aromatic carbocycles. The van der Waals surface area contributed by atoms with Crippen LogP contribution in [-0.4, -0.2) is 29.1 Å². The molecule has 6 heteroatoms. The molecule has 0 bridgehead atoms. The van der Waals surface area contributed by atoms with Gasteiger partial charge in [0, 0.05) is 29.6 Å². The Balaban J connectivity index is 2.18. The van der Waals surface area contributed by atoms with Crippen molar-refractivity contribution < 1.29 is 9.66 Å². The zero-order valence-electron chi connectivity index (χ0n) is 10.2. The summed E-state index contributed by atoms with van der Waals surface area (Å²) >= 11 is 1.90. The van der Waals surface area contributed by atoms with Crippen LogP contribution in [0.5, 0.6) is 5.75 Å². The van der Waals surface area contributed by atoms with E-state index in [9.17, 15) is 10.1 Å². The van der Waals surface area contributed by atoms with Crippen molar-refractivity contribution in [2.45, 2.75) is 19.4 Å². The molecule has 98 valence electrons. The summed E-state index contributed by atoms with van der Waals surface area (Å²) in [6.45, 7) is 2.36. The molecule has 0 spiro atoms. The third-order valence-corrected chi connectivity index (χ3v) is 3.88. The van der Waals surface area contributed by atoms with Crippen molar-refractivity contribution in [3.8, 4) is 5.75 Å². The lowest BCUT2D eigenvalue weighted by atomic mass is 10.2. The number of benzene rings is 1. The third-order valence-electron chi connectivity index (χ3n) is 2.71. The van der Waals surface area contributed by atoms with E-state index in [1.165, 1.54) is 6.07 Å². The number of nitrogens with zero attached hydrogens (tertiary/aromatic N) is 1. The first-order valence-electron chi connectivity index (χ1n) is 5.95.